The lowest BCUT2D eigenvalue weighted by molar-refractivity contribution is -0.0597. The highest BCUT2D eigenvalue weighted by molar-refractivity contribution is 8.05. The number of halogens is 8. The Morgan fingerprint density at radius 2 is 0.718 bits per heavy atom. The highest BCUT2D eigenvalue weighted by Crippen LogP contribution is 2.52. The number of nitrogens with zero attached hydrogens (tertiary/aromatic N) is 2. The highest BCUT2D eigenvalue weighted by Gasteiger charge is 2.56. The van der Waals surface area contributed by atoms with E-state index in [1.807, 2.05) is 12.1 Å². The summed E-state index contributed by atoms with van der Waals surface area (Å²) >= 11 is 0. The maximum Gasteiger partial charge on any atom is 0.470 e. The van der Waals surface area contributed by atoms with Gasteiger partial charge < -0.3 is 22.8 Å². The molecule has 818 valence electrons. The molecule has 0 bridgehead atoms. The molecule has 0 aromatic heterocycles. The number of benzene rings is 8. The van der Waals surface area contributed by atoms with Crippen molar-refractivity contribution in [2.75, 3.05) is 36.2 Å². The minimum atomic E-state index is -6.48. The van der Waals surface area contributed by atoms with E-state index in [0.29, 0.717) is 64.4 Å². The van der Waals surface area contributed by atoms with E-state index in [-0.39, 0.29) is 104 Å². The number of rotatable bonds is 34. The first-order valence-electron chi connectivity index (χ1n) is 53.3. The zero-order valence-corrected chi connectivity index (χ0v) is 92.2. The van der Waals surface area contributed by atoms with Crippen LogP contribution in [-0.4, -0.2) is 121 Å². The second-order valence-corrected chi connectivity index (χ2v) is 54.1. The van der Waals surface area contributed by atoms with E-state index in [2.05, 4.69) is 76.0 Å². The van der Waals surface area contributed by atoms with Crippen molar-refractivity contribution in [2.24, 2.45) is 15.7 Å². The van der Waals surface area contributed by atoms with E-state index < -0.39 is 83.7 Å². The summed E-state index contributed by atoms with van der Waals surface area (Å²) in [6.45, 7) is 12.1. The second kappa shape index (κ2) is 55.6. The van der Waals surface area contributed by atoms with Gasteiger partial charge in [0, 0.05) is 23.0 Å². The van der Waals surface area contributed by atoms with Gasteiger partial charge in [0.15, 0.2) is 35.8 Å². The SMILES string of the molecule is CC(C)(C)C(C(=O)c1ccc(C2CCCCC2)cc1)[S+]1CCCC1.CCCS(=O)(=O)O/N=C(/c1ccc(OCCCOc2ccc(/C(C)=N/OS(=O)(=O)CCC)cc2)cc1)C(F)(F)F.Fc1ccc([S+](c2ccc(F)cc2)c2ccc(F)cc2)cc1.O=S(=O)([O-])C(F)(F)S(=O)(=O)Oc1c(C2CCCCC2)cc(C2CCCCC2)cc1C1CCCCC1.O=S(=O)([O-])c1c(C2CCCCC2)cc(C2CCCCC2)cc1C1CCCCC1. The fourth-order valence-electron chi connectivity index (χ4n) is 21.9. The zero-order chi connectivity index (χ0) is 107. The molecule has 8 aliphatic rings. The van der Waals surface area contributed by atoms with Crippen molar-refractivity contribution in [3.8, 4) is 17.2 Å². The molecule has 1 atom stereocenters. The Kier molecular flexibility index (Phi) is 44.5. The lowest BCUT2D eigenvalue weighted by Crippen LogP contribution is -2.42. The van der Waals surface area contributed by atoms with Crippen LogP contribution in [0.15, 0.2) is 200 Å². The van der Waals surface area contributed by atoms with Gasteiger partial charge in [-0.3, -0.25) is 13.4 Å². The average Bonchev–Trinajstić information content (AvgIpc) is 0.959. The Labute approximate surface area is 884 Å². The molecule has 8 aromatic rings. The normalized spacial score (nSPS) is 18.3. The number of oxime groups is 2. The molecular weight excluding hydrogens is 2060 g/mol. The third kappa shape index (κ3) is 34.8. The minimum absolute atomic E-state index is 0.0580. The van der Waals surface area contributed by atoms with Crippen molar-refractivity contribution < 1.29 is 113 Å². The summed E-state index contributed by atoms with van der Waals surface area (Å²) in [5.74, 6) is 4.05. The van der Waals surface area contributed by atoms with Crippen molar-refractivity contribution in [3.63, 3.8) is 0 Å². The molecule has 1 heterocycles. The number of ketones is 1. The first kappa shape index (κ1) is 119. The lowest BCUT2D eigenvalue weighted by atomic mass is 9.75. The number of hydrogen-bond acceptors (Lipinski definition) is 20. The molecule has 7 aliphatic carbocycles. The third-order valence-corrected chi connectivity index (χ3v) is 41.1. The Bertz CT molecular complexity index is 6090. The monoisotopic (exact) mass is 2210 g/mol. The number of carbonyl (C=O) groups excluding carboxylic acids is 1. The van der Waals surface area contributed by atoms with E-state index in [0.717, 1.165) is 196 Å². The van der Waals surface area contributed by atoms with Crippen molar-refractivity contribution in [1.29, 1.82) is 0 Å². The topological polar surface area (TPSA) is 305 Å². The Morgan fingerprint density at radius 3 is 1.05 bits per heavy atom. The standard InChI is InChI=1S/C25H31F3N2O8S2.C25H36F2O6S2.C24H36O3S.C22H33OS.C18H12F3S/c1-4-17-39(31,32)37-29-19(3)20-7-11-22(12-8-20)35-15-6-16-36-23-13-9-21(10-14-23)24(25(26,27)28)30-38-40(33,34)18-5-2;26-25(27,34(28,29)30)35(31,32)33-24-22(19-12-6-2-7-13-19)16-21(18-10-4-1-5-11-18)17-23(24)20-14-8-3-9-15-20;25-28(26,27)24-22(19-12-6-2-7-13-19)16-21(18-10-4-1-5-11-18)17-23(24)20-14-8-3-9-15-20;1-22(2,3)21(24-15-7-8-16-24)20(23)19-13-11-18(12-14-19)17-9-5-4-6-10-17;19-13-1-7-16(8-2-13)22(17-9-3-14(20)4-10-17)18-11-5-15(21)6-12-18/h7-14H,4-6,15-18H2,1-3H3;16-20H,1-15H2,(H,28,29,30);16-20H,1-15H2,(H,25,26,27);11-14,17,21H,4-10,15-16H2,1-3H3;1-12H/q;;;2*+1/p-2/b29-19+,30-24-;;;;. The smallest absolute Gasteiger partial charge is 0.470 e. The van der Waals surface area contributed by atoms with Gasteiger partial charge in [-0.05, 0) is 341 Å². The van der Waals surface area contributed by atoms with E-state index in [4.69, 9.17) is 13.7 Å². The van der Waals surface area contributed by atoms with E-state index in [1.54, 1.807) is 81.4 Å². The van der Waals surface area contributed by atoms with Crippen LogP contribution in [0.25, 0.3) is 0 Å². The summed E-state index contributed by atoms with van der Waals surface area (Å²) in [6, 6.07) is 47.0. The summed E-state index contributed by atoms with van der Waals surface area (Å²) in [5, 5.41) is 6.71. The lowest BCUT2D eigenvalue weighted by Gasteiger charge is -2.33. The predicted octanol–water partition coefficient (Wildman–Crippen LogP) is 29.3. The molecule has 16 rings (SSSR count). The van der Waals surface area contributed by atoms with Crippen LogP contribution in [0.2, 0.25) is 0 Å². The molecule has 0 N–H and O–H groups in total. The molecule has 8 fully saturated rings. The van der Waals surface area contributed by atoms with Crippen LogP contribution in [-0.2, 0) is 80.9 Å². The van der Waals surface area contributed by atoms with Crippen molar-refractivity contribution >= 4 is 89.6 Å². The third-order valence-electron chi connectivity index (χ3n) is 29.5. The van der Waals surface area contributed by atoms with Gasteiger partial charge in [-0.15, -0.1) is 0 Å². The molecule has 1 unspecified atom stereocenters. The van der Waals surface area contributed by atoms with Crippen LogP contribution in [0.3, 0.4) is 0 Å². The van der Waals surface area contributed by atoms with Crippen LogP contribution in [0.4, 0.5) is 35.1 Å². The number of carbonyl (C=O) groups is 1. The van der Waals surface area contributed by atoms with E-state index in [9.17, 15) is 91.1 Å². The Balaban J connectivity index is 0.000000168. The van der Waals surface area contributed by atoms with Crippen molar-refractivity contribution in [1.82, 2.24) is 0 Å². The molecule has 8 aromatic carbocycles. The fourth-order valence-corrected chi connectivity index (χ4v) is 31.4. The molecular formula is C114H146F8N2O18S7. The average molecular weight is 2210 g/mol. The van der Waals surface area contributed by atoms with Gasteiger partial charge >= 0.3 is 41.1 Å². The molecule has 7 saturated carbocycles. The first-order valence-corrected chi connectivity index (χ1v) is 63.5. The van der Waals surface area contributed by atoms with E-state index >= 15 is 0 Å². The number of ether oxygens (including phenoxy) is 2. The Hall–Kier alpha value is -8.42. The summed E-state index contributed by atoms with van der Waals surface area (Å²) in [5.41, 5.74) is 6.98. The van der Waals surface area contributed by atoms with Gasteiger partial charge in [0.1, 0.15) is 56.3 Å². The maximum atomic E-state index is 14.3. The molecule has 35 heteroatoms. The number of alkyl halides is 5. The van der Waals surface area contributed by atoms with Gasteiger partial charge in [-0.25, -0.2) is 30.0 Å². The fraction of sp³-hybridized carbons (Fsp3) is 0.553. The summed E-state index contributed by atoms with van der Waals surface area (Å²) in [4.78, 5) is 16.1. The van der Waals surface area contributed by atoms with Crippen LogP contribution in [0.1, 0.15) is 400 Å². The Morgan fingerprint density at radius 1 is 0.403 bits per heavy atom. The van der Waals surface area contributed by atoms with Gasteiger partial charge in [-0.1, -0.05) is 228 Å². The van der Waals surface area contributed by atoms with Gasteiger partial charge in [0.25, 0.3) is 0 Å². The molecule has 0 amide bonds. The molecule has 1 aliphatic heterocycles. The van der Waals surface area contributed by atoms with Crippen LogP contribution in [0, 0.1) is 22.9 Å². The maximum absolute atomic E-state index is 14.3. The molecule has 149 heavy (non-hydrogen) atoms. The van der Waals surface area contributed by atoms with E-state index in [1.165, 1.54) is 167 Å². The highest BCUT2D eigenvalue weighted by atomic mass is 32.3. The van der Waals surface area contributed by atoms with Gasteiger partial charge in [-0.2, -0.15) is 47.2 Å². The summed E-state index contributed by atoms with van der Waals surface area (Å²) in [6.07, 6.45) is 37.4. The molecule has 1 saturated heterocycles. The van der Waals surface area contributed by atoms with Crippen LogP contribution >= 0.6 is 0 Å². The molecule has 0 radical (unpaired) electrons. The number of hydrogen-bond donors (Lipinski definition) is 0. The zero-order valence-electron chi connectivity index (χ0n) is 86.4. The first-order chi connectivity index (χ1) is 70.9. The van der Waals surface area contributed by atoms with Crippen molar-refractivity contribution in [3.05, 3.63) is 243 Å². The minimum Gasteiger partial charge on any atom is -0.744 e. The van der Waals surface area contributed by atoms with Crippen molar-refractivity contribution in [2.45, 2.75) is 375 Å². The number of Topliss-reactive ketones (excluding diaryl/α,β-unsaturated/α-hetero) is 1. The molecule has 20 nitrogen and oxygen atoms in total. The van der Waals surface area contributed by atoms with Gasteiger partial charge in [0.05, 0.1) is 46.2 Å². The largest absolute Gasteiger partial charge is 0.744 e. The van der Waals surface area contributed by atoms with Crippen LogP contribution in [0.5, 0.6) is 17.2 Å². The second-order valence-electron chi connectivity index (χ2n) is 41.7. The predicted molar refractivity (Wildman–Crippen MR) is 571 cm³/mol. The summed E-state index contributed by atoms with van der Waals surface area (Å²) in [7, 11) is -25.2. The summed E-state index contributed by atoms with van der Waals surface area (Å²) < 4.78 is 270. The quantitative estimate of drug-likeness (QED) is 0.00529. The van der Waals surface area contributed by atoms with Crippen LogP contribution < -0.4 is 13.7 Å². The molecule has 0 spiro atoms. The van der Waals surface area contributed by atoms with Gasteiger partial charge in [0.2, 0.25) is 5.78 Å².